The molecule has 0 aromatic heterocycles. The molecule has 0 amide bonds. The van der Waals surface area contributed by atoms with Gasteiger partial charge in [0.15, 0.2) is 0 Å². The summed E-state index contributed by atoms with van der Waals surface area (Å²) in [5.41, 5.74) is 1.30. The molecule has 0 spiro atoms. The summed E-state index contributed by atoms with van der Waals surface area (Å²) in [5, 5.41) is 10.3. The Balaban J connectivity index is 3.08. The van der Waals surface area contributed by atoms with Crippen molar-refractivity contribution < 1.29 is 5.11 Å². The van der Waals surface area contributed by atoms with Crippen LogP contribution in [0.4, 0.5) is 0 Å². The fourth-order valence-electron chi connectivity index (χ4n) is 2.00. The van der Waals surface area contributed by atoms with Crippen LogP contribution in [-0.4, -0.2) is 5.11 Å². The highest BCUT2D eigenvalue weighted by molar-refractivity contribution is 5.34. The van der Waals surface area contributed by atoms with E-state index in [1.165, 1.54) is 5.57 Å². The molecule has 1 atom stereocenters. The Hall–Kier alpha value is -0.720. The zero-order chi connectivity index (χ0) is 12.8. The molecule has 0 bridgehead atoms. The van der Waals surface area contributed by atoms with Crippen molar-refractivity contribution in [2.45, 2.75) is 54.9 Å². The van der Waals surface area contributed by atoms with Crippen LogP contribution in [0.25, 0.3) is 0 Å². The minimum Gasteiger partial charge on any atom is -0.512 e. The van der Waals surface area contributed by atoms with Crippen LogP contribution in [0.1, 0.15) is 54.9 Å². The van der Waals surface area contributed by atoms with Crippen LogP contribution in [0.5, 0.6) is 0 Å². The summed E-state index contributed by atoms with van der Waals surface area (Å²) in [6, 6.07) is 0. The van der Waals surface area contributed by atoms with Gasteiger partial charge in [-0.15, -0.1) is 0 Å². The molecule has 1 heteroatoms. The van der Waals surface area contributed by atoms with Crippen molar-refractivity contribution in [2.75, 3.05) is 0 Å². The number of rotatable bonds is 0. The van der Waals surface area contributed by atoms with Gasteiger partial charge in [-0.2, -0.15) is 0 Å². The number of hydrogen-bond acceptors (Lipinski definition) is 1. The molecule has 0 saturated carbocycles. The summed E-state index contributed by atoms with van der Waals surface area (Å²) >= 11 is 0. The third-order valence-corrected chi connectivity index (χ3v) is 4.11. The molecule has 0 fully saturated rings. The molecule has 0 aromatic carbocycles. The molecule has 0 radical (unpaired) electrons. The van der Waals surface area contributed by atoms with Crippen molar-refractivity contribution in [1.29, 1.82) is 0 Å². The van der Waals surface area contributed by atoms with Crippen molar-refractivity contribution in [3.63, 3.8) is 0 Å². The van der Waals surface area contributed by atoms with E-state index < -0.39 is 0 Å². The number of allylic oxidation sites excluding steroid dienone is 4. The summed E-state index contributed by atoms with van der Waals surface area (Å²) in [6.45, 7) is 15.3. The van der Waals surface area contributed by atoms with Gasteiger partial charge in [0.05, 0.1) is 5.76 Å². The summed E-state index contributed by atoms with van der Waals surface area (Å²) < 4.78 is 0. The highest BCUT2D eigenvalue weighted by atomic mass is 16.3. The van der Waals surface area contributed by atoms with Gasteiger partial charge in [-0.05, 0) is 28.9 Å². The third-order valence-electron chi connectivity index (χ3n) is 4.11. The smallest absolute Gasteiger partial charge is 0.0992 e. The Bertz CT molecular complexity index is 333. The number of aliphatic hydroxyl groups is 1. The maximum Gasteiger partial charge on any atom is 0.0992 e. The van der Waals surface area contributed by atoms with E-state index in [1.54, 1.807) is 0 Å². The van der Waals surface area contributed by atoms with Gasteiger partial charge in [-0.25, -0.2) is 0 Å². The first-order valence-corrected chi connectivity index (χ1v) is 6.10. The van der Waals surface area contributed by atoms with E-state index >= 15 is 0 Å². The van der Waals surface area contributed by atoms with Crippen molar-refractivity contribution in [3.05, 3.63) is 23.5 Å². The van der Waals surface area contributed by atoms with Crippen LogP contribution in [-0.2, 0) is 0 Å². The van der Waals surface area contributed by atoms with E-state index in [-0.39, 0.29) is 16.2 Å². The molecule has 0 aliphatic heterocycles. The lowest BCUT2D eigenvalue weighted by Crippen LogP contribution is -2.36. The maximum atomic E-state index is 10.3. The Morgan fingerprint density at radius 2 is 1.62 bits per heavy atom. The van der Waals surface area contributed by atoms with Gasteiger partial charge in [0.25, 0.3) is 0 Å². The molecule has 1 nitrogen and oxygen atoms in total. The van der Waals surface area contributed by atoms with Gasteiger partial charge >= 0.3 is 0 Å². The molecule has 1 aliphatic rings. The summed E-state index contributed by atoms with van der Waals surface area (Å²) in [6.07, 6.45) is 5.17. The van der Waals surface area contributed by atoms with E-state index in [4.69, 9.17) is 0 Å². The van der Waals surface area contributed by atoms with Crippen molar-refractivity contribution >= 4 is 0 Å². The van der Waals surface area contributed by atoms with Crippen LogP contribution < -0.4 is 0 Å². The van der Waals surface area contributed by atoms with Crippen molar-refractivity contribution in [2.24, 2.45) is 16.2 Å². The molecule has 0 saturated heterocycles. The molecule has 1 unspecified atom stereocenters. The van der Waals surface area contributed by atoms with Gasteiger partial charge < -0.3 is 5.11 Å². The number of aliphatic hydroxyl groups excluding tert-OH is 1. The molecule has 92 valence electrons. The quantitative estimate of drug-likeness (QED) is 0.620. The minimum absolute atomic E-state index is 0.0769. The minimum atomic E-state index is -0.137. The second kappa shape index (κ2) is 3.65. The van der Waals surface area contributed by atoms with Crippen molar-refractivity contribution in [3.8, 4) is 0 Å². The monoisotopic (exact) mass is 222 g/mol. The molecule has 16 heavy (non-hydrogen) atoms. The first-order valence-electron chi connectivity index (χ1n) is 6.10. The van der Waals surface area contributed by atoms with E-state index in [0.29, 0.717) is 5.76 Å². The molecular weight excluding hydrogens is 196 g/mol. The average molecular weight is 222 g/mol. The largest absolute Gasteiger partial charge is 0.512 e. The lowest BCUT2D eigenvalue weighted by molar-refractivity contribution is 0.0927. The van der Waals surface area contributed by atoms with Crippen LogP contribution in [0, 0.1) is 16.2 Å². The Morgan fingerprint density at radius 3 is 1.94 bits per heavy atom. The third kappa shape index (κ3) is 2.18. The van der Waals surface area contributed by atoms with E-state index in [2.05, 4.69) is 54.5 Å². The molecule has 1 N–H and O–H groups in total. The summed E-state index contributed by atoms with van der Waals surface area (Å²) in [4.78, 5) is 0. The van der Waals surface area contributed by atoms with E-state index in [0.717, 1.165) is 6.42 Å². The Labute approximate surface area is 100 Å². The highest BCUT2D eigenvalue weighted by Gasteiger charge is 2.42. The van der Waals surface area contributed by atoms with Gasteiger partial charge in [0, 0.05) is 5.41 Å². The standard InChI is InChI=1S/C15H26O/c1-13(2,3)11-8-9-15(7,12(16)10-11)14(4,5)6/h8,10,16H,9H2,1-7H3. The second-order valence-corrected chi connectivity index (χ2v) is 7.23. The first-order chi connectivity index (χ1) is 6.98. The van der Waals surface area contributed by atoms with Gasteiger partial charge in [-0.1, -0.05) is 54.5 Å². The molecular formula is C15H26O. The Kier molecular flexibility index (Phi) is 3.04. The highest BCUT2D eigenvalue weighted by Crippen LogP contribution is 2.50. The van der Waals surface area contributed by atoms with Gasteiger partial charge in [0.2, 0.25) is 0 Å². The SMILES string of the molecule is CC(C)(C)C1=CCC(C)(C(C)(C)C)C(O)=C1. The first kappa shape index (κ1) is 13.3. The van der Waals surface area contributed by atoms with E-state index in [1.807, 2.05) is 6.08 Å². The zero-order valence-corrected chi connectivity index (χ0v) is 11.8. The fourth-order valence-corrected chi connectivity index (χ4v) is 2.00. The van der Waals surface area contributed by atoms with Crippen molar-refractivity contribution in [1.82, 2.24) is 0 Å². The fraction of sp³-hybridized carbons (Fsp3) is 0.733. The normalized spacial score (nSPS) is 27.4. The van der Waals surface area contributed by atoms with Crippen LogP contribution in [0.2, 0.25) is 0 Å². The summed E-state index contributed by atoms with van der Waals surface area (Å²) in [7, 11) is 0. The zero-order valence-electron chi connectivity index (χ0n) is 11.8. The molecule has 1 aliphatic carbocycles. The van der Waals surface area contributed by atoms with Crippen LogP contribution in [0.3, 0.4) is 0 Å². The van der Waals surface area contributed by atoms with Crippen LogP contribution in [0.15, 0.2) is 23.5 Å². The van der Waals surface area contributed by atoms with Crippen LogP contribution >= 0.6 is 0 Å². The van der Waals surface area contributed by atoms with Gasteiger partial charge in [-0.3, -0.25) is 0 Å². The van der Waals surface area contributed by atoms with Gasteiger partial charge in [0.1, 0.15) is 0 Å². The predicted octanol–water partition coefficient (Wildman–Crippen LogP) is 4.86. The predicted molar refractivity (Wildman–Crippen MR) is 70.4 cm³/mol. The Morgan fingerprint density at radius 1 is 1.12 bits per heavy atom. The lowest BCUT2D eigenvalue weighted by atomic mass is 9.62. The topological polar surface area (TPSA) is 20.2 Å². The lowest BCUT2D eigenvalue weighted by Gasteiger charge is -2.43. The molecule has 1 rings (SSSR count). The molecule has 0 aromatic rings. The average Bonchev–Trinajstić information content (AvgIpc) is 2.05. The summed E-state index contributed by atoms with van der Waals surface area (Å²) in [5.74, 6) is 0.535. The molecule has 0 heterocycles. The second-order valence-electron chi connectivity index (χ2n) is 7.23. The number of hydrogen-bond donors (Lipinski definition) is 1. The maximum absolute atomic E-state index is 10.3. The van der Waals surface area contributed by atoms with E-state index in [9.17, 15) is 5.11 Å².